The quantitative estimate of drug-likeness (QED) is 0.872. The highest BCUT2D eigenvalue weighted by molar-refractivity contribution is 7.91. The number of rotatable bonds is 3. The average molecular weight is 300 g/mol. The van der Waals surface area contributed by atoms with Gasteiger partial charge in [0.2, 0.25) is 0 Å². The van der Waals surface area contributed by atoms with Crippen LogP contribution in [0, 0.1) is 17.8 Å². The van der Waals surface area contributed by atoms with Crippen LogP contribution >= 0.6 is 11.6 Å². The maximum atomic E-state index is 12.5. The summed E-state index contributed by atoms with van der Waals surface area (Å²) in [6.07, 6.45) is 4.76. The van der Waals surface area contributed by atoms with E-state index in [1.807, 2.05) is 0 Å². The Labute approximate surface area is 119 Å². The van der Waals surface area contributed by atoms with Crippen LogP contribution in [0.25, 0.3) is 0 Å². The summed E-state index contributed by atoms with van der Waals surface area (Å²) in [6.45, 7) is 0. The van der Waals surface area contributed by atoms with E-state index in [1.54, 1.807) is 6.07 Å². The third-order valence-electron chi connectivity index (χ3n) is 4.62. The van der Waals surface area contributed by atoms with Crippen LogP contribution in [0.1, 0.15) is 25.7 Å². The molecule has 2 N–H and O–H groups in total. The van der Waals surface area contributed by atoms with Gasteiger partial charge in [-0.15, -0.1) is 0 Å². The molecule has 0 radical (unpaired) electrons. The Bertz CT molecular complexity index is 599. The molecule has 0 amide bonds. The number of nitrogen functional groups attached to an aromatic ring is 1. The van der Waals surface area contributed by atoms with Crippen molar-refractivity contribution in [2.24, 2.45) is 17.8 Å². The van der Waals surface area contributed by atoms with Gasteiger partial charge in [0.1, 0.15) is 0 Å². The van der Waals surface area contributed by atoms with Gasteiger partial charge in [0.25, 0.3) is 0 Å². The van der Waals surface area contributed by atoms with Crippen LogP contribution in [0.2, 0.25) is 5.02 Å². The summed E-state index contributed by atoms with van der Waals surface area (Å²) in [7, 11) is -3.30. The van der Waals surface area contributed by atoms with Crippen molar-refractivity contribution in [3.63, 3.8) is 0 Å². The van der Waals surface area contributed by atoms with Gasteiger partial charge in [-0.1, -0.05) is 18.0 Å². The first-order valence-corrected chi connectivity index (χ1v) is 8.76. The van der Waals surface area contributed by atoms with E-state index in [4.69, 9.17) is 17.3 Å². The average Bonchev–Trinajstić information content (AvgIpc) is 2.89. The fourth-order valence-electron chi connectivity index (χ4n) is 3.75. The standard InChI is InChI=1S/C14H18ClNO2S/c15-12-3-4-14(13(16)7-12)19(17,18)8-11-6-9-1-2-10(11)5-9/h3-4,7,9-11H,1-2,5-6,8,16H2. The Hall–Kier alpha value is -0.740. The van der Waals surface area contributed by atoms with E-state index >= 15 is 0 Å². The summed E-state index contributed by atoms with van der Waals surface area (Å²) in [6, 6.07) is 4.63. The fraction of sp³-hybridized carbons (Fsp3) is 0.571. The van der Waals surface area contributed by atoms with Crippen molar-refractivity contribution in [2.45, 2.75) is 30.6 Å². The van der Waals surface area contributed by atoms with Crippen LogP contribution < -0.4 is 5.73 Å². The number of halogens is 1. The van der Waals surface area contributed by atoms with E-state index in [1.165, 1.54) is 31.4 Å². The monoisotopic (exact) mass is 299 g/mol. The SMILES string of the molecule is Nc1cc(Cl)ccc1S(=O)(=O)CC1CC2CCC1C2. The number of anilines is 1. The molecule has 0 aliphatic heterocycles. The number of benzene rings is 1. The van der Waals surface area contributed by atoms with E-state index < -0.39 is 9.84 Å². The molecule has 2 aliphatic carbocycles. The van der Waals surface area contributed by atoms with Gasteiger partial charge in [-0.2, -0.15) is 0 Å². The van der Waals surface area contributed by atoms with Crippen LogP contribution in [-0.2, 0) is 9.84 Å². The van der Waals surface area contributed by atoms with Crippen molar-refractivity contribution in [1.82, 2.24) is 0 Å². The van der Waals surface area contributed by atoms with Gasteiger partial charge in [0.05, 0.1) is 16.3 Å². The summed E-state index contributed by atoms with van der Waals surface area (Å²) in [5, 5.41) is 0.469. The lowest BCUT2D eigenvalue weighted by molar-refractivity contribution is 0.360. The predicted octanol–water partition coefficient (Wildman–Crippen LogP) is 3.13. The minimum Gasteiger partial charge on any atom is -0.398 e. The molecule has 0 heterocycles. The smallest absolute Gasteiger partial charge is 0.180 e. The van der Waals surface area contributed by atoms with Crippen LogP contribution in [0.15, 0.2) is 23.1 Å². The summed E-state index contributed by atoms with van der Waals surface area (Å²) in [4.78, 5) is 0.236. The molecule has 2 saturated carbocycles. The summed E-state index contributed by atoms with van der Waals surface area (Å²) < 4.78 is 24.9. The molecule has 2 fully saturated rings. The molecule has 0 aromatic heterocycles. The fourth-order valence-corrected chi connectivity index (χ4v) is 5.78. The second-order valence-corrected chi connectivity index (χ2v) is 8.34. The van der Waals surface area contributed by atoms with Crippen molar-refractivity contribution >= 4 is 27.1 Å². The molecule has 3 atom stereocenters. The highest BCUT2D eigenvalue weighted by atomic mass is 35.5. The molecule has 19 heavy (non-hydrogen) atoms. The van der Waals surface area contributed by atoms with Crippen LogP contribution in [-0.4, -0.2) is 14.2 Å². The molecule has 5 heteroatoms. The lowest BCUT2D eigenvalue weighted by Gasteiger charge is -2.21. The Kier molecular flexibility index (Phi) is 3.26. The molecule has 1 aromatic rings. The zero-order chi connectivity index (χ0) is 13.6. The van der Waals surface area contributed by atoms with Crippen molar-refractivity contribution in [3.05, 3.63) is 23.2 Å². The molecular formula is C14H18ClNO2S. The van der Waals surface area contributed by atoms with E-state index in [2.05, 4.69) is 0 Å². The predicted molar refractivity (Wildman–Crippen MR) is 76.9 cm³/mol. The van der Waals surface area contributed by atoms with E-state index in [0.29, 0.717) is 16.9 Å². The molecule has 3 nitrogen and oxygen atoms in total. The molecule has 3 rings (SSSR count). The maximum absolute atomic E-state index is 12.5. The third-order valence-corrected chi connectivity index (χ3v) is 6.77. The first-order chi connectivity index (χ1) is 8.95. The highest BCUT2D eigenvalue weighted by Crippen LogP contribution is 2.49. The highest BCUT2D eigenvalue weighted by Gasteiger charge is 2.41. The Morgan fingerprint density at radius 2 is 2.05 bits per heavy atom. The number of sulfone groups is 1. The topological polar surface area (TPSA) is 60.2 Å². The van der Waals surface area contributed by atoms with Gasteiger partial charge in [0, 0.05) is 5.02 Å². The van der Waals surface area contributed by atoms with Gasteiger partial charge in [0.15, 0.2) is 9.84 Å². The van der Waals surface area contributed by atoms with Crippen LogP contribution in [0.3, 0.4) is 0 Å². The Morgan fingerprint density at radius 3 is 2.63 bits per heavy atom. The number of fused-ring (bicyclic) bond motifs is 2. The molecule has 0 saturated heterocycles. The van der Waals surface area contributed by atoms with E-state index in [-0.39, 0.29) is 16.3 Å². The van der Waals surface area contributed by atoms with Gasteiger partial charge < -0.3 is 5.73 Å². The summed E-state index contributed by atoms with van der Waals surface area (Å²) >= 11 is 5.81. The molecular weight excluding hydrogens is 282 g/mol. The number of hydrogen-bond acceptors (Lipinski definition) is 3. The van der Waals surface area contributed by atoms with Gasteiger partial charge in [-0.25, -0.2) is 8.42 Å². The number of hydrogen-bond donors (Lipinski definition) is 1. The van der Waals surface area contributed by atoms with E-state index in [9.17, 15) is 8.42 Å². The second-order valence-electron chi connectivity index (χ2n) is 5.90. The van der Waals surface area contributed by atoms with Gasteiger partial charge >= 0.3 is 0 Å². The lowest BCUT2D eigenvalue weighted by atomic mass is 9.90. The largest absolute Gasteiger partial charge is 0.398 e. The summed E-state index contributed by atoms with van der Waals surface area (Å²) in [5.41, 5.74) is 6.05. The van der Waals surface area contributed by atoms with Crippen LogP contribution in [0.4, 0.5) is 5.69 Å². The molecule has 3 unspecified atom stereocenters. The first kappa shape index (κ1) is 13.3. The maximum Gasteiger partial charge on any atom is 0.180 e. The summed E-state index contributed by atoms with van der Waals surface area (Å²) in [5.74, 6) is 1.92. The molecule has 2 bridgehead atoms. The lowest BCUT2D eigenvalue weighted by Crippen LogP contribution is -2.22. The molecule has 104 valence electrons. The first-order valence-electron chi connectivity index (χ1n) is 6.73. The normalized spacial score (nSPS) is 29.8. The third kappa shape index (κ3) is 2.48. The van der Waals surface area contributed by atoms with E-state index in [0.717, 1.165) is 12.3 Å². The second kappa shape index (κ2) is 4.67. The van der Waals surface area contributed by atoms with Crippen LogP contribution in [0.5, 0.6) is 0 Å². The van der Waals surface area contributed by atoms with Crippen molar-refractivity contribution in [1.29, 1.82) is 0 Å². The zero-order valence-electron chi connectivity index (χ0n) is 10.7. The van der Waals surface area contributed by atoms with Crippen molar-refractivity contribution in [2.75, 3.05) is 11.5 Å². The minimum atomic E-state index is -3.30. The molecule has 0 spiro atoms. The Balaban J connectivity index is 1.83. The molecule has 2 aliphatic rings. The number of nitrogens with two attached hydrogens (primary N) is 1. The van der Waals surface area contributed by atoms with Crippen molar-refractivity contribution < 1.29 is 8.42 Å². The van der Waals surface area contributed by atoms with Crippen molar-refractivity contribution in [3.8, 4) is 0 Å². The zero-order valence-corrected chi connectivity index (χ0v) is 12.3. The van der Waals surface area contributed by atoms with Gasteiger partial charge in [-0.3, -0.25) is 0 Å². The van der Waals surface area contributed by atoms with Gasteiger partial charge in [-0.05, 0) is 55.2 Å². The molecule has 1 aromatic carbocycles. The Morgan fingerprint density at radius 1 is 1.26 bits per heavy atom. The minimum absolute atomic E-state index is 0.236.